The SMILES string of the molecule is CCc1cccnc1C(=O)NC1(C(=O)N(C)C)CCCCC1. The van der Waals surface area contributed by atoms with Crippen molar-refractivity contribution in [1.82, 2.24) is 15.2 Å². The van der Waals surface area contributed by atoms with Gasteiger partial charge in [-0.25, -0.2) is 0 Å². The minimum absolute atomic E-state index is 0.0190. The number of rotatable bonds is 4. The standard InChI is InChI=1S/C17H25N3O2/c1-4-13-9-8-12-18-14(13)15(21)19-17(16(22)20(2)3)10-6-5-7-11-17/h8-9,12H,4-7,10-11H2,1-3H3,(H,19,21). The molecule has 5 heteroatoms. The Balaban J connectivity index is 2.27. The lowest BCUT2D eigenvalue weighted by Crippen LogP contribution is -2.59. The number of hydrogen-bond acceptors (Lipinski definition) is 3. The summed E-state index contributed by atoms with van der Waals surface area (Å²) in [6.07, 6.45) is 6.79. The van der Waals surface area contributed by atoms with Gasteiger partial charge in [0.1, 0.15) is 11.2 Å². The van der Waals surface area contributed by atoms with Crippen molar-refractivity contribution in [3.63, 3.8) is 0 Å². The molecule has 0 aromatic carbocycles. The van der Waals surface area contributed by atoms with Crippen LogP contribution in [-0.4, -0.2) is 41.3 Å². The summed E-state index contributed by atoms with van der Waals surface area (Å²) in [5.74, 6) is -0.260. The number of aryl methyl sites for hydroxylation is 1. The first-order valence-corrected chi connectivity index (χ1v) is 7.98. The van der Waals surface area contributed by atoms with E-state index in [1.807, 2.05) is 19.1 Å². The number of carbonyl (C=O) groups excluding carboxylic acids is 2. The Hall–Kier alpha value is -1.91. The van der Waals surface area contributed by atoms with Crippen LogP contribution in [0.25, 0.3) is 0 Å². The smallest absolute Gasteiger partial charge is 0.271 e. The van der Waals surface area contributed by atoms with Crippen molar-refractivity contribution in [1.29, 1.82) is 0 Å². The van der Waals surface area contributed by atoms with Crippen LogP contribution >= 0.6 is 0 Å². The molecule has 1 aliphatic carbocycles. The lowest BCUT2D eigenvalue weighted by molar-refractivity contribution is -0.136. The third-order valence-corrected chi connectivity index (χ3v) is 4.36. The quantitative estimate of drug-likeness (QED) is 0.927. The van der Waals surface area contributed by atoms with Gasteiger partial charge < -0.3 is 10.2 Å². The number of likely N-dealkylation sites (N-methyl/N-ethyl adjacent to an activating group) is 1. The number of hydrogen-bond donors (Lipinski definition) is 1. The van der Waals surface area contributed by atoms with E-state index in [9.17, 15) is 9.59 Å². The largest absolute Gasteiger partial charge is 0.347 e. The Labute approximate surface area is 132 Å². The van der Waals surface area contributed by atoms with Gasteiger partial charge in [0.05, 0.1) is 0 Å². The van der Waals surface area contributed by atoms with Gasteiger partial charge in [0, 0.05) is 20.3 Å². The summed E-state index contributed by atoms with van der Waals surface area (Å²) < 4.78 is 0. The van der Waals surface area contributed by atoms with Gasteiger partial charge >= 0.3 is 0 Å². The molecule has 0 radical (unpaired) electrons. The summed E-state index contributed by atoms with van der Waals surface area (Å²) in [5, 5.41) is 3.01. The van der Waals surface area contributed by atoms with Crippen molar-refractivity contribution in [3.05, 3.63) is 29.6 Å². The van der Waals surface area contributed by atoms with Gasteiger partial charge in [0.25, 0.3) is 5.91 Å². The van der Waals surface area contributed by atoms with E-state index in [-0.39, 0.29) is 11.8 Å². The zero-order chi connectivity index (χ0) is 16.2. The Morgan fingerprint density at radius 3 is 2.55 bits per heavy atom. The number of carbonyl (C=O) groups is 2. The predicted octanol–water partition coefficient (Wildman–Crippen LogP) is 2.16. The summed E-state index contributed by atoms with van der Waals surface area (Å²) in [6, 6.07) is 3.74. The molecule has 1 aliphatic rings. The van der Waals surface area contributed by atoms with Crippen molar-refractivity contribution in [3.8, 4) is 0 Å². The maximum Gasteiger partial charge on any atom is 0.271 e. The average Bonchev–Trinajstić information content (AvgIpc) is 2.54. The highest BCUT2D eigenvalue weighted by Crippen LogP contribution is 2.30. The first kappa shape index (κ1) is 16.5. The van der Waals surface area contributed by atoms with Crippen LogP contribution in [0.15, 0.2) is 18.3 Å². The van der Waals surface area contributed by atoms with Gasteiger partial charge in [0.2, 0.25) is 5.91 Å². The Morgan fingerprint density at radius 2 is 1.95 bits per heavy atom. The summed E-state index contributed by atoms with van der Waals surface area (Å²) in [7, 11) is 3.48. The van der Waals surface area contributed by atoms with E-state index >= 15 is 0 Å². The van der Waals surface area contributed by atoms with Gasteiger partial charge in [0.15, 0.2) is 0 Å². The molecule has 0 saturated heterocycles. The number of nitrogens with one attached hydrogen (secondary N) is 1. The summed E-state index contributed by atoms with van der Waals surface area (Å²) in [6.45, 7) is 2.00. The molecular weight excluding hydrogens is 278 g/mol. The number of pyridine rings is 1. The van der Waals surface area contributed by atoms with E-state index in [4.69, 9.17) is 0 Å². The normalized spacial score (nSPS) is 16.9. The van der Waals surface area contributed by atoms with E-state index in [0.717, 1.165) is 31.2 Å². The maximum absolute atomic E-state index is 12.7. The fourth-order valence-corrected chi connectivity index (χ4v) is 3.18. The van der Waals surface area contributed by atoms with E-state index in [1.165, 1.54) is 0 Å². The van der Waals surface area contributed by atoms with Crippen molar-refractivity contribution in [2.24, 2.45) is 0 Å². The molecule has 0 spiro atoms. The van der Waals surface area contributed by atoms with Gasteiger partial charge in [-0.2, -0.15) is 0 Å². The average molecular weight is 303 g/mol. The molecule has 1 N–H and O–H groups in total. The predicted molar refractivity (Wildman–Crippen MR) is 85.6 cm³/mol. The molecular formula is C17H25N3O2. The maximum atomic E-state index is 12.7. The Kier molecular flexibility index (Phi) is 5.16. The van der Waals surface area contributed by atoms with Gasteiger partial charge in [-0.05, 0) is 30.9 Å². The lowest BCUT2D eigenvalue weighted by atomic mass is 9.80. The molecule has 22 heavy (non-hydrogen) atoms. The molecule has 1 heterocycles. The van der Waals surface area contributed by atoms with E-state index in [1.54, 1.807) is 25.2 Å². The Bertz CT molecular complexity index is 549. The van der Waals surface area contributed by atoms with Gasteiger partial charge in [-0.3, -0.25) is 14.6 Å². The van der Waals surface area contributed by atoms with Crippen molar-refractivity contribution in [2.45, 2.75) is 51.0 Å². The first-order chi connectivity index (χ1) is 10.5. The highest BCUT2D eigenvalue weighted by Gasteiger charge is 2.42. The zero-order valence-electron chi connectivity index (χ0n) is 13.7. The van der Waals surface area contributed by atoms with Crippen LogP contribution in [0.4, 0.5) is 0 Å². The molecule has 120 valence electrons. The van der Waals surface area contributed by atoms with Crippen molar-refractivity contribution in [2.75, 3.05) is 14.1 Å². The van der Waals surface area contributed by atoms with Gasteiger partial charge in [-0.15, -0.1) is 0 Å². The second-order valence-corrected chi connectivity index (χ2v) is 6.16. The highest BCUT2D eigenvalue weighted by molar-refractivity contribution is 5.98. The van der Waals surface area contributed by atoms with Crippen LogP contribution in [0, 0.1) is 0 Å². The van der Waals surface area contributed by atoms with Crippen LogP contribution in [0.5, 0.6) is 0 Å². The second-order valence-electron chi connectivity index (χ2n) is 6.16. The van der Waals surface area contributed by atoms with Crippen molar-refractivity contribution < 1.29 is 9.59 Å². The number of aromatic nitrogens is 1. The monoisotopic (exact) mass is 303 g/mol. The third kappa shape index (κ3) is 3.29. The summed E-state index contributed by atoms with van der Waals surface area (Å²) in [5.41, 5.74) is 0.561. The minimum atomic E-state index is -0.776. The second kappa shape index (κ2) is 6.90. The lowest BCUT2D eigenvalue weighted by Gasteiger charge is -2.38. The van der Waals surface area contributed by atoms with Crippen LogP contribution in [0.1, 0.15) is 55.1 Å². The molecule has 0 aliphatic heterocycles. The highest BCUT2D eigenvalue weighted by atomic mass is 16.2. The Morgan fingerprint density at radius 1 is 1.27 bits per heavy atom. The van der Waals surface area contributed by atoms with Crippen LogP contribution in [0.3, 0.4) is 0 Å². The molecule has 5 nitrogen and oxygen atoms in total. The molecule has 1 saturated carbocycles. The van der Waals surface area contributed by atoms with E-state index in [0.29, 0.717) is 18.5 Å². The molecule has 0 bridgehead atoms. The first-order valence-electron chi connectivity index (χ1n) is 7.98. The summed E-state index contributed by atoms with van der Waals surface area (Å²) in [4.78, 5) is 31.1. The molecule has 1 aromatic rings. The number of nitrogens with zero attached hydrogens (tertiary/aromatic N) is 2. The fraction of sp³-hybridized carbons (Fsp3) is 0.588. The molecule has 0 unspecified atom stereocenters. The van der Waals surface area contributed by atoms with E-state index < -0.39 is 5.54 Å². The molecule has 2 amide bonds. The van der Waals surface area contributed by atoms with E-state index in [2.05, 4.69) is 10.3 Å². The molecule has 0 atom stereocenters. The fourth-order valence-electron chi connectivity index (χ4n) is 3.18. The van der Waals surface area contributed by atoms with Crippen LogP contribution in [-0.2, 0) is 11.2 Å². The number of amides is 2. The topological polar surface area (TPSA) is 62.3 Å². The van der Waals surface area contributed by atoms with Crippen LogP contribution in [0.2, 0.25) is 0 Å². The molecule has 1 fully saturated rings. The van der Waals surface area contributed by atoms with Crippen LogP contribution < -0.4 is 5.32 Å². The summed E-state index contributed by atoms with van der Waals surface area (Å²) >= 11 is 0. The van der Waals surface area contributed by atoms with Crippen molar-refractivity contribution >= 4 is 11.8 Å². The molecule has 1 aromatic heterocycles. The zero-order valence-corrected chi connectivity index (χ0v) is 13.7. The minimum Gasteiger partial charge on any atom is -0.347 e. The van der Waals surface area contributed by atoms with Gasteiger partial charge in [-0.1, -0.05) is 32.3 Å². The third-order valence-electron chi connectivity index (χ3n) is 4.36. The molecule has 2 rings (SSSR count).